The Kier molecular flexibility index (Phi) is 6.25. The molecule has 2 N–H and O–H groups in total. The molecule has 0 aliphatic carbocycles. The van der Waals surface area contributed by atoms with Crippen molar-refractivity contribution in [2.75, 3.05) is 26.2 Å². The van der Waals surface area contributed by atoms with Gasteiger partial charge in [0.2, 0.25) is 5.91 Å². The van der Waals surface area contributed by atoms with Crippen molar-refractivity contribution in [3.63, 3.8) is 0 Å². The maximum atomic E-state index is 12.9. The Bertz CT molecular complexity index is 712. The van der Waals surface area contributed by atoms with Crippen LogP contribution < -0.4 is 5.73 Å². The highest BCUT2D eigenvalue weighted by molar-refractivity contribution is 7.17. The number of hydrogen-bond acceptors (Lipinski definition) is 6. The fraction of sp³-hybridized carbons (Fsp3) is 0.625. The van der Waals surface area contributed by atoms with Crippen molar-refractivity contribution in [3.8, 4) is 0 Å². The van der Waals surface area contributed by atoms with Gasteiger partial charge in [0.15, 0.2) is 0 Å². The highest BCUT2D eigenvalue weighted by Gasteiger charge is 2.42. The first-order valence-electron chi connectivity index (χ1n) is 8.39. The molecule has 8 nitrogen and oxygen atoms in total. The van der Waals surface area contributed by atoms with Crippen LogP contribution in [0.4, 0.5) is 5.00 Å². The van der Waals surface area contributed by atoms with Gasteiger partial charge in [-0.25, -0.2) is 0 Å². The standard InChI is InChI=1S/C16H22N4O4S.ClH/c1-16(9-17)6-8-18(10-16)14(21)11-3-2-7-19(11)15(22)12-4-5-13(25-12)20(23)24;/h4-5,11H,2-3,6-10,17H2,1H3;1H. The molecule has 0 saturated carbocycles. The number of rotatable bonds is 4. The third kappa shape index (κ3) is 3.84. The van der Waals surface area contributed by atoms with E-state index < -0.39 is 11.0 Å². The number of carbonyl (C=O) groups is 2. The minimum Gasteiger partial charge on any atom is -0.340 e. The van der Waals surface area contributed by atoms with Gasteiger partial charge in [-0.2, -0.15) is 0 Å². The summed E-state index contributed by atoms with van der Waals surface area (Å²) in [6.45, 7) is 4.38. The predicted molar refractivity (Wildman–Crippen MR) is 101 cm³/mol. The number of carbonyl (C=O) groups excluding carboxylic acids is 2. The molecule has 1 aromatic heterocycles. The molecule has 26 heavy (non-hydrogen) atoms. The summed E-state index contributed by atoms with van der Waals surface area (Å²) >= 11 is 0.854. The van der Waals surface area contributed by atoms with E-state index in [1.165, 1.54) is 12.1 Å². The molecule has 10 heteroatoms. The lowest BCUT2D eigenvalue weighted by molar-refractivity contribution is -0.380. The van der Waals surface area contributed by atoms with Crippen LogP contribution in [0, 0.1) is 15.5 Å². The Hall–Kier alpha value is -1.71. The van der Waals surface area contributed by atoms with Gasteiger partial charge in [0.25, 0.3) is 5.91 Å². The molecular weight excluding hydrogens is 380 g/mol. The van der Waals surface area contributed by atoms with E-state index in [9.17, 15) is 19.7 Å². The second-order valence-electron chi connectivity index (χ2n) is 7.08. The summed E-state index contributed by atoms with van der Waals surface area (Å²) in [5, 5.41) is 10.7. The zero-order chi connectivity index (χ0) is 18.2. The SMILES string of the molecule is CC1(CN)CCN(C(=O)C2CCCN2C(=O)c2ccc([N+](=O)[O-])s2)C1.Cl. The fourth-order valence-corrected chi connectivity index (χ4v) is 4.31. The van der Waals surface area contributed by atoms with Crippen LogP contribution in [-0.2, 0) is 4.79 Å². The lowest BCUT2D eigenvalue weighted by Gasteiger charge is -2.29. The van der Waals surface area contributed by atoms with Crippen molar-refractivity contribution >= 4 is 40.6 Å². The monoisotopic (exact) mass is 402 g/mol. The molecule has 1 aromatic rings. The lowest BCUT2D eigenvalue weighted by atomic mass is 9.90. The third-order valence-electron chi connectivity index (χ3n) is 5.14. The third-order valence-corrected chi connectivity index (χ3v) is 6.17. The topological polar surface area (TPSA) is 110 Å². The molecule has 3 rings (SSSR count). The molecule has 2 atom stereocenters. The van der Waals surface area contributed by atoms with Gasteiger partial charge < -0.3 is 15.5 Å². The first-order chi connectivity index (χ1) is 11.8. The van der Waals surface area contributed by atoms with E-state index in [2.05, 4.69) is 6.92 Å². The number of amides is 2. The van der Waals surface area contributed by atoms with Gasteiger partial charge in [0.1, 0.15) is 6.04 Å². The molecular formula is C16H23ClN4O4S. The summed E-state index contributed by atoms with van der Waals surface area (Å²) in [6, 6.07) is 2.32. The lowest BCUT2D eigenvalue weighted by Crippen LogP contribution is -2.47. The van der Waals surface area contributed by atoms with E-state index in [1.807, 2.05) is 0 Å². The molecule has 144 valence electrons. The summed E-state index contributed by atoms with van der Waals surface area (Å²) in [5.74, 6) is -0.330. The minimum atomic E-state index is -0.508. The van der Waals surface area contributed by atoms with Gasteiger partial charge in [-0.05, 0) is 37.3 Å². The van der Waals surface area contributed by atoms with Crippen LogP contribution in [0.2, 0.25) is 0 Å². The summed E-state index contributed by atoms with van der Waals surface area (Å²) in [7, 11) is 0. The van der Waals surface area contributed by atoms with Crippen molar-refractivity contribution in [1.82, 2.24) is 9.80 Å². The first-order valence-corrected chi connectivity index (χ1v) is 9.20. The Morgan fingerprint density at radius 3 is 2.73 bits per heavy atom. The Morgan fingerprint density at radius 2 is 2.15 bits per heavy atom. The number of hydrogen-bond donors (Lipinski definition) is 1. The van der Waals surface area contributed by atoms with E-state index in [0.29, 0.717) is 37.5 Å². The average molecular weight is 403 g/mol. The highest BCUT2D eigenvalue weighted by atomic mass is 35.5. The van der Waals surface area contributed by atoms with Crippen molar-refractivity contribution in [2.45, 2.75) is 32.2 Å². The van der Waals surface area contributed by atoms with E-state index in [4.69, 9.17) is 5.73 Å². The summed E-state index contributed by atoms with van der Waals surface area (Å²) < 4.78 is 0. The zero-order valence-corrected chi connectivity index (χ0v) is 16.2. The van der Waals surface area contributed by atoms with Crippen LogP contribution in [0.25, 0.3) is 0 Å². The summed E-state index contributed by atoms with van der Waals surface area (Å²) in [5.41, 5.74) is 5.75. The smallest absolute Gasteiger partial charge is 0.324 e. The van der Waals surface area contributed by atoms with Crippen LogP contribution >= 0.6 is 23.7 Å². The molecule has 0 bridgehead atoms. The largest absolute Gasteiger partial charge is 0.340 e. The Balaban J connectivity index is 0.00000243. The van der Waals surface area contributed by atoms with Gasteiger partial charge in [-0.15, -0.1) is 12.4 Å². The van der Waals surface area contributed by atoms with Crippen molar-refractivity contribution in [1.29, 1.82) is 0 Å². The number of thiophene rings is 1. The molecule has 0 aromatic carbocycles. The maximum Gasteiger partial charge on any atom is 0.324 e. The molecule has 2 aliphatic rings. The second kappa shape index (κ2) is 7.89. The van der Waals surface area contributed by atoms with Crippen LogP contribution in [0.5, 0.6) is 0 Å². The number of halogens is 1. The number of likely N-dealkylation sites (tertiary alicyclic amines) is 2. The van der Waals surface area contributed by atoms with Crippen LogP contribution in [0.1, 0.15) is 35.9 Å². The van der Waals surface area contributed by atoms with E-state index in [1.54, 1.807) is 9.80 Å². The van der Waals surface area contributed by atoms with Crippen molar-refractivity contribution in [3.05, 3.63) is 27.1 Å². The van der Waals surface area contributed by atoms with Crippen LogP contribution in [0.3, 0.4) is 0 Å². The van der Waals surface area contributed by atoms with Gasteiger partial charge in [0.05, 0.1) is 9.80 Å². The van der Waals surface area contributed by atoms with Crippen LogP contribution in [-0.4, -0.2) is 58.8 Å². The minimum absolute atomic E-state index is 0. The van der Waals surface area contributed by atoms with Gasteiger partial charge in [-0.1, -0.05) is 18.3 Å². The van der Waals surface area contributed by atoms with Gasteiger partial charge in [0, 0.05) is 25.7 Å². The molecule has 2 amide bonds. The van der Waals surface area contributed by atoms with E-state index in [0.717, 1.165) is 24.2 Å². The van der Waals surface area contributed by atoms with Gasteiger partial charge in [-0.3, -0.25) is 19.7 Å². The van der Waals surface area contributed by atoms with Crippen molar-refractivity contribution < 1.29 is 14.5 Å². The average Bonchev–Trinajstić information content (AvgIpc) is 3.32. The van der Waals surface area contributed by atoms with E-state index in [-0.39, 0.29) is 34.6 Å². The molecule has 2 unspecified atom stereocenters. The van der Waals surface area contributed by atoms with Crippen LogP contribution in [0.15, 0.2) is 12.1 Å². The Labute approximate surface area is 161 Å². The molecule has 2 aliphatic heterocycles. The normalized spacial score (nSPS) is 25.2. The molecule has 2 saturated heterocycles. The quantitative estimate of drug-likeness (QED) is 0.610. The molecule has 3 heterocycles. The summed E-state index contributed by atoms with van der Waals surface area (Å²) in [6.07, 6.45) is 2.26. The highest BCUT2D eigenvalue weighted by Crippen LogP contribution is 2.32. The Morgan fingerprint density at radius 1 is 1.42 bits per heavy atom. The number of nitro groups is 1. The predicted octanol–water partition coefficient (Wildman–Crippen LogP) is 1.88. The number of nitrogens with zero attached hydrogens (tertiary/aromatic N) is 3. The molecule has 0 radical (unpaired) electrons. The number of nitrogens with two attached hydrogens (primary N) is 1. The van der Waals surface area contributed by atoms with E-state index >= 15 is 0 Å². The molecule has 0 spiro atoms. The second-order valence-corrected chi connectivity index (χ2v) is 8.14. The maximum absolute atomic E-state index is 12.9. The van der Waals surface area contributed by atoms with Gasteiger partial charge >= 0.3 is 5.00 Å². The molecule has 2 fully saturated rings. The summed E-state index contributed by atoms with van der Waals surface area (Å²) in [4.78, 5) is 39.6. The first kappa shape index (κ1) is 20.6. The van der Waals surface area contributed by atoms with Crippen molar-refractivity contribution in [2.24, 2.45) is 11.1 Å². The zero-order valence-electron chi connectivity index (χ0n) is 14.6. The fourth-order valence-electron chi connectivity index (χ4n) is 3.54.